The van der Waals surface area contributed by atoms with E-state index in [0.29, 0.717) is 5.75 Å². The van der Waals surface area contributed by atoms with Crippen molar-refractivity contribution >= 4 is 17.7 Å². The summed E-state index contributed by atoms with van der Waals surface area (Å²) in [6, 6.07) is 3.75. The SMILES string of the molecule is Cc1ccc(CSC(C)(C)C(=O)O)o1. The van der Waals surface area contributed by atoms with E-state index in [-0.39, 0.29) is 0 Å². The Morgan fingerprint density at radius 3 is 2.64 bits per heavy atom. The van der Waals surface area contributed by atoms with Crippen LogP contribution in [0, 0.1) is 6.92 Å². The molecule has 4 heteroatoms. The minimum absolute atomic E-state index is 0.590. The van der Waals surface area contributed by atoms with Crippen molar-refractivity contribution in [2.24, 2.45) is 0 Å². The number of thioether (sulfide) groups is 1. The number of hydrogen-bond donors (Lipinski definition) is 1. The van der Waals surface area contributed by atoms with Crippen molar-refractivity contribution in [2.75, 3.05) is 0 Å². The Labute approximate surface area is 87.5 Å². The van der Waals surface area contributed by atoms with Gasteiger partial charge in [-0.05, 0) is 32.9 Å². The number of rotatable bonds is 4. The topological polar surface area (TPSA) is 50.4 Å². The van der Waals surface area contributed by atoms with Crippen LogP contribution < -0.4 is 0 Å². The number of hydrogen-bond acceptors (Lipinski definition) is 3. The second kappa shape index (κ2) is 4.09. The first kappa shape index (κ1) is 11.2. The van der Waals surface area contributed by atoms with Crippen LogP contribution in [0.15, 0.2) is 16.5 Å². The molecule has 1 aromatic rings. The number of carboxylic acids is 1. The average Bonchev–Trinajstić information content (AvgIpc) is 2.48. The largest absolute Gasteiger partial charge is 0.480 e. The van der Waals surface area contributed by atoms with Gasteiger partial charge in [0.05, 0.1) is 5.75 Å². The molecule has 0 aliphatic rings. The summed E-state index contributed by atoms with van der Waals surface area (Å²) in [6.45, 7) is 5.25. The van der Waals surface area contributed by atoms with Crippen molar-refractivity contribution in [3.63, 3.8) is 0 Å². The van der Waals surface area contributed by atoms with Gasteiger partial charge >= 0.3 is 5.97 Å². The Morgan fingerprint density at radius 1 is 1.57 bits per heavy atom. The second-order valence-corrected chi connectivity index (χ2v) is 5.21. The summed E-state index contributed by atoms with van der Waals surface area (Å²) in [5.74, 6) is 1.47. The lowest BCUT2D eigenvalue weighted by atomic mass is 10.2. The lowest BCUT2D eigenvalue weighted by molar-refractivity contribution is -0.138. The van der Waals surface area contributed by atoms with Crippen molar-refractivity contribution in [1.82, 2.24) is 0 Å². The van der Waals surface area contributed by atoms with E-state index in [4.69, 9.17) is 9.52 Å². The highest BCUT2D eigenvalue weighted by Crippen LogP contribution is 2.28. The molecule has 0 saturated heterocycles. The van der Waals surface area contributed by atoms with Crippen molar-refractivity contribution in [3.05, 3.63) is 23.7 Å². The zero-order valence-corrected chi connectivity index (χ0v) is 9.35. The summed E-state index contributed by atoms with van der Waals surface area (Å²) in [6.07, 6.45) is 0. The molecule has 1 rings (SSSR count). The number of carbonyl (C=O) groups is 1. The molecule has 0 radical (unpaired) electrons. The highest BCUT2D eigenvalue weighted by molar-refractivity contribution is 8.00. The van der Waals surface area contributed by atoms with Gasteiger partial charge in [-0.1, -0.05) is 0 Å². The molecule has 0 unspecified atom stereocenters. The quantitative estimate of drug-likeness (QED) is 0.837. The van der Waals surface area contributed by atoms with Gasteiger partial charge in [0.15, 0.2) is 0 Å². The minimum atomic E-state index is -0.800. The van der Waals surface area contributed by atoms with E-state index in [1.54, 1.807) is 13.8 Å². The van der Waals surface area contributed by atoms with Gasteiger partial charge in [-0.3, -0.25) is 4.79 Å². The standard InChI is InChI=1S/C10H14O3S/c1-7-4-5-8(13-7)6-14-10(2,3)9(11)12/h4-5H,6H2,1-3H3,(H,11,12). The van der Waals surface area contributed by atoms with Crippen molar-refractivity contribution in [3.8, 4) is 0 Å². The van der Waals surface area contributed by atoms with Crippen LogP contribution in [0.3, 0.4) is 0 Å². The predicted octanol–water partition coefficient (Wildman–Crippen LogP) is 2.68. The monoisotopic (exact) mass is 214 g/mol. The summed E-state index contributed by atoms with van der Waals surface area (Å²) in [4.78, 5) is 10.8. The van der Waals surface area contributed by atoms with Crippen LogP contribution in [0.5, 0.6) is 0 Å². The van der Waals surface area contributed by atoms with Gasteiger partial charge in [-0.2, -0.15) is 0 Å². The molecular formula is C10H14O3S. The summed E-state index contributed by atoms with van der Waals surface area (Å²) < 4.78 is 4.58. The molecule has 1 N–H and O–H groups in total. The Morgan fingerprint density at radius 2 is 2.21 bits per heavy atom. The van der Waals surface area contributed by atoms with Crippen LogP contribution in [0.4, 0.5) is 0 Å². The summed E-state index contributed by atoms with van der Waals surface area (Å²) in [5.41, 5.74) is 0. The fourth-order valence-corrected chi connectivity index (χ4v) is 1.66. The van der Waals surface area contributed by atoms with Crippen LogP contribution in [0.1, 0.15) is 25.4 Å². The van der Waals surface area contributed by atoms with Gasteiger partial charge in [0.1, 0.15) is 16.3 Å². The van der Waals surface area contributed by atoms with Crippen LogP contribution in [0.2, 0.25) is 0 Å². The van der Waals surface area contributed by atoms with E-state index in [9.17, 15) is 4.79 Å². The van der Waals surface area contributed by atoms with Gasteiger partial charge in [-0.25, -0.2) is 0 Å². The molecule has 78 valence electrons. The van der Waals surface area contributed by atoms with Crippen molar-refractivity contribution in [2.45, 2.75) is 31.3 Å². The third kappa shape index (κ3) is 2.80. The molecule has 0 atom stereocenters. The molecule has 1 aromatic heterocycles. The zero-order valence-electron chi connectivity index (χ0n) is 8.53. The highest BCUT2D eigenvalue weighted by Gasteiger charge is 2.27. The molecule has 0 bridgehead atoms. The Balaban J connectivity index is 2.52. The molecule has 14 heavy (non-hydrogen) atoms. The van der Waals surface area contributed by atoms with Gasteiger partial charge < -0.3 is 9.52 Å². The summed E-state index contributed by atoms with van der Waals surface area (Å²) in [7, 11) is 0. The number of aryl methyl sites for hydroxylation is 1. The molecule has 0 amide bonds. The van der Waals surface area contributed by atoms with E-state index in [0.717, 1.165) is 11.5 Å². The molecule has 0 fully saturated rings. The average molecular weight is 214 g/mol. The third-order valence-electron chi connectivity index (χ3n) is 1.89. The molecule has 0 spiro atoms. The first-order valence-corrected chi connectivity index (χ1v) is 5.33. The van der Waals surface area contributed by atoms with Crippen LogP contribution in [0.25, 0.3) is 0 Å². The summed E-state index contributed by atoms with van der Waals surface area (Å²) >= 11 is 1.36. The lowest BCUT2D eigenvalue weighted by Crippen LogP contribution is -2.27. The molecule has 0 saturated carbocycles. The molecule has 0 aliphatic heterocycles. The van der Waals surface area contributed by atoms with Gasteiger partial charge in [0.25, 0.3) is 0 Å². The summed E-state index contributed by atoms with van der Waals surface area (Å²) in [5, 5.41) is 8.87. The van der Waals surface area contributed by atoms with Crippen molar-refractivity contribution < 1.29 is 14.3 Å². The number of carboxylic acid groups (broad SMARTS) is 1. The fourth-order valence-electron chi connectivity index (χ4n) is 0.876. The number of aliphatic carboxylic acids is 1. The van der Waals surface area contributed by atoms with E-state index < -0.39 is 10.7 Å². The van der Waals surface area contributed by atoms with E-state index >= 15 is 0 Å². The van der Waals surface area contributed by atoms with Crippen LogP contribution in [-0.4, -0.2) is 15.8 Å². The number of furan rings is 1. The zero-order chi connectivity index (χ0) is 10.8. The lowest BCUT2D eigenvalue weighted by Gasteiger charge is -2.17. The Hall–Kier alpha value is -0.900. The smallest absolute Gasteiger partial charge is 0.319 e. The maximum atomic E-state index is 10.8. The highest BCUT2D eigenvalue weighted by atomic mass is 32.2. The molecule has 1 heterocycles. The molecular weight excluding hydrogens is 200 g/mol. The van der Waals surface area contributed by atoms with Crippen LogP contribution >= 0.6 is 11.8 Å². The Bertz CT molecular complexity index is 328. The van der Waals surface area contributed by atoms with E-state index in [1.807, 2.05) is 19.1 Å². The van der Waals surface area contributed by atoms with Gasteiger partial charge in [-0.15, -0.1) is 11.8 Å². The molecule has 0 aromatic carbocycles. The van der Waals surface area contributed by atoms with Crippen molar-refractivity contribution in [1.29, 1.82) is 0 Å². The maximum absolute atomic E-state index is 10.8. The van der Waals surface area contributed by atoms with E-state index in [2.05, 4.69) is 0 Å². The van der Waals surface area contributed by atoms with E-state index in [1.165, 1.54) is 11.8 Å². The van der Waals surface area contributed by atoms with Gasteiger partial charge in [0, 0.05) is 0 Å². The molecule has 0 aliphatic carbocycles. The second-order valence-electron chi connectivity index (χ2n) is 3.62. The molecule has 3 nitrogen and oxygen atoms in total. The minimum Gasteiger partial charge on any atom is -0.480 e. The third-order valence-corrected chi connectivity index (χ3v) is 3.21. The van der Waals surface area contributed by atoms with Crippen LogP contribution in [-0.2, 0) is 10.5 Å². The van der Waals surface area contributed by atoms with Gasteiger partial charge in [0.2, 0.25) is 0 Å². The normalized spacial score (nSPS) is 11.6. The predicted molar refractivity (Wildman–Crippen MR) is 56.5 cm³/mol. The first-order chi connectivity index (χ1) is 6.42. The maximum Gasteiger partial charge on any atom is 0.319 e. The Kier molecular flexibility index (Phi) is 3.26. The fraction of sp³-hybridized carbons (Fsp3) is 0.500. The first-order valence-electron chi connectivity index (χ1n) is 4.34.